The van der Waals surface area contributed by atoms with E-state index in [4.69, 9.17) is 27.9 Å². The number of rotatable bonds is 6. The van der Waals surface area contributed by atoms with Crippen LogP contribution >= 0.6 is 23.2 Å². The average Bonchev–Trinajstić information content (AvgIpc) is 2.75. The largest absolute Gasteiger partial charge is 1.00 e. The number of hydrogen-bond acceptors (Lipinski definition) is 4. The molecule has 1 aliphatic rings. The monoisotopic (exact) mass is 495 g/mol. The van der Waals surface area contributed by atoms with Gasteiger partial charge in [-0.05, 0) is 48.4 Å². The van der Waals surface area contributed by atoms with E-state index in [0.29, 0.717) is 39.6 Å². The van der Waals surface area contributed by atoms with Gasteiger partial charge < -0.3 is 19.5 Å². The number of aromatic carboxylic acids is 1. The summed E-state index contributed by atoms with van der Waals surface area (Å²) in [7, 11) is 0. The van der Waals surface area contributed by atoms with Crippen LogP contribution in [0.5, 0.6) is 5.75 Å². The van der Waals surface area contributed by atoms with Gasteiger partial charge in [0.1, 0.15) is 18.2 Å². The smallest absolute Gasteiger partial charge is 0.545 e. The van der Waals surface area contributed by atoms with Gasteiger partial charge in [0.15, 0.2) is 0 Å². The van der Waals surface area contributed by atoms with E-state index in [1.54, 1.807) is 42.5 Å². The normalized spacial score (nSPS) is 12.7. The van der Waals surface area contributed by atoms with Crippen molar-refractivity contribution in [2.45, 2.75) is 26.0 Å². The predicted molar refractivity (Wildman–Crippen MR) is 117 cm³/mol. The molecule has 3 aromatic carbocycles. The van der Waals surface area contributed by atoms with E-state index in [-0.39, 0.29) is 65.6 Å². The fourth-order valence-electron chi connectivity index (χ4n) is 3.73. The molecule has 4 rings (SSSR count). The van der Waals surface area contributed by atoms with E-state index in [9.17, 15) is 19.1 Å². The first-order chi connectivity index (χ1) is 15.3. The second-order valence-corrected chi connectivity index (χ2v) is 8.22. The number of ether oxygens (including phenoxy) is 1. The van der Waals surface area contributed by atoms with Gasteiger partial charge >= 0.3 is 29.6 Å². The first-order valence-electron chi connectivity index (χ1n) is 9.82. The summed E-state index contributed by atoms with van der Waals surface area (Å²) in [4.78, 5) is 25.7. The van der Waals surface area contributed by atoms with Crippen molar-refractivity contribution < 1.29 is 53.4 Å². The zero-order valence-corrected chi connectivity index (χ0v) is 21.3. The molecule has 0 aromatic heterocycles. The minimum Gasteiger partial charge on any atom is -0.545 e. The van der Waals surface area contributed by atoms with Crippen molar-refractivity contribution in [1.82, 2.24) is 0 Å². The molecule has 0 radical (unpaired) electrons. The summed E-state index contributed by atoms with van der Waals surface area (Å²) in [6.45, 7) is 0.0678. The molecule has 0 aliphatic carbocycles. The number of carboxylic acid groups (broad SMARTS) is 1. The topological polar surface area (TPSA) is 69.7 Å². The molecule has 1 heterocycles. The van der Waals surface area contributed by atoms with Crippen LogP contribution in [-0.4, -0.2) is 11.9 Å². The second-order valence-electron chi connectivity index (χ2n) is 7.35. The molecule has 0 atom stereocenters. The molecule has 0 unspecified atom stereocenters. The van der Waals surface area contributed by atoms with Gasteiger partial charge in [0.05, 0.1) is 12.5 Å². The van der Waals surface area contributed by atoms with E-state index >= 15 is 0 Å². The van der Waals surface area contributed by atoms with Crippen LogP contribution in [0.1, 0.15) is 33.5 Å². The molecule has 0 saturated heterocycles. The number of fused-ring (bicyclic) bond motifs is 1. The molecule has 0 spiro atoms. The molecule has 0 saturated carbocycles. The minimum atomic E-state index is -1.28. The molecule has 5 nitrogen and oxygen atoms in total. The molecule has 0 bridgehead atoms. The maximum atomic E-state index is 14.1. The van der Waals surface area contributed by atoms with E-state index < -0.39 is 11.8 Å². The SMILES string of the molecule is O=C([O-])c1cccc2c1CCC(=O)N2Cc1cc(Cl)ccc1OCc1ccc(Cl)cc1F.[Na+]. The van der Waals surface area contributed by atoms with Gasteiger partial charge in [-0.1, -0.05) is 41.4 Å². The van der Waals surface area contributed by atoms with Crippen LogP contribution in [0.4, 0.5) is 10.1 Å². The molecule has 0 fully saturated rings. The van der Waals surface area contributed by atoms with Gasteiger partial charge in [-0.15, -0.1) is 0 Å². The average molecular weight is 496 g/mol. The van der Waals surface area contributed by atoms with Crippen molar-refractivity contribution in [3.05, 3.63) is 92.7 Å². The Hall–Kier alpha value is -2.09. The Morgan fingerprint density at radius 3 is 2.48 bits per heavy atom. The Morgan fingerprint density at radius 1 is 1.03 bits per heavy atom. The summed E-state index contributed by atoms with van der Waals surface area (Å²) in [6.07, 6.45) is 0.494. The van der Waals surface area contributed by atoms with Crippen LogP contribution in [0.25, 0.3) is 0 Å². The summed E-state index contributed by atoms with van der Waals surface area (Å²) in [5.41, 5.74) is 2.07. The van der Waals surface area contributed by atoms with Crippen molar-refractivity contribution in [2.24, 2.45) is 0 Å². The van der Waals surface area contributed by atoms with E-state index in [1.807, 2.05) is 0 Å². The number of nitrogens with zero attached hydrogens (tertiary/aromatic N) is 1. The fourth-order valence-corrected chi connectivity index (χ4v) is 4.09. The van der Waals surface area contributed by atoms with Crippen LogP contribution in [0, 0.1) is 5.82 Å². The van der Waals surface area contributed by atoms with Crippen LogP contribution < -0.4 is 44.3 Å². The van der Waals surface area contributed by atoms with Crippen molar-refractivity contribution in [2.75, 3.05) is 4.90 Å². The van der Waals surface area contributed by atoms with Crippen molar-refractivity contribution in [3.8, 4) is 5.75 Å². The zero-order chi connectivity index (χ0) is 22.8. The number of carbonyl (C=O) groups is 2. The third kappa shape index (κ3) is 5.70. The van der Waals surface area contributed by atoms with E-state index in [1.165, 1.54) is 17.0 Å². The Morgan fingerprint density at radius 2 is 1.76 bits per heavy atom. The number of amides is 1. The van der Waals surface area contributed by atoms with Crippen molar-refractivity contribution >= 4 is 40.8 Å². The van der Waals surface area contributed by atoms with Crippen LogP contribution in [-0.2, 0) is 24.4 Å². The molecule has 0 N–H and O–H groups in total. The molecular weight excluding hydrogens is 479 g/mol. The molecule has 3 aromatic rings. The quantitative estimate of drug-likeness (QED) is 0.486. The van der Waals surface area contributed by atoms with E-state index in [2.05, 4.69) is 0 Å². The number of carboxylic acids is 1. The number of hydrogen-bond donors (Lipinski definition) is 0. The maximum absolute atomic E-state index is 14.1. The van der Waals surface area contributed by atoms with Gasteiger partial charge in [0.25, 0.3) is 0 Å². The van der Waals surface area contributed by atoms with Gasteiger partial charge in [0, 0.05) is 38.8 Å². The Bertz CT molecular complexity index is 1220. The van der Waals surface area contributed by atoms with Crippen LogP contribution in [0.15, 0.2) is 54.6 Å². The van der Waals surface area contributed by atoms with Gasteiger partial charge in [-0.3, -0.25) is 4.79 Å². The molecule has 1 aliphatic heterocycles. The second kappa shape index (κ2) is 10.9. The Kier molecular flexibility index (Phi) is 8.43. The number of benzene rings is 3. The van der Waals surface area contributed by atoms with Gasteiger partial charge in [0.2, 0.25) is 5.91 Å². The molecular formula is C24H17Cl2FNNaO4. The number of carbonyl (C=O) groups excluding carboxylic acids is 2. The first kappa shape index (κ1) is 25.5. The first-order valence-corrected chi connectivity index (χ1v) is 10.6. The van der Waals surface area contributed by atoms with Crippen molar-refractivity contribution in [3.63, 3.8) is 0 Å². The molecule has 164 valence electrons. The zero-order valence-electron chi connectivity index (χ0n) is 17.7. The third-order valence-corrected chi connectivity index (χ3v) is 5.77. The standard InChI is InChI=1S/C24H18Cl2FNO4.Na/c25-16-6-8-22(32-13-14-4-5-17(26)11-20(14)27)15(10-16)12-28-21-3-1-2-19(24(30)31)18(21)7-9-23(28)29;/h1-6,8,10-11H,7,9,12-13H2,(H,30,31);/q;+1/p-1. The van der Waals surface area contributed by atoms with E-state index in [0.717, 1.165) is 0 Å². The molecule has 1 amide bonds. The summed E-state index contributed by atoms with van der Waals surface area (Å²) < 4.78 is 20.0. The van der Waals surface area contributed by atoms with Gasteiger partial charge in [-0.25, -0.2) is 4.39 Å². The number of halogens is 3. The summed E-state index contributed by atoms with van der Waals surface area (Å²) in [5, 5.41) is 12.2. The maximum Gasteiger partial charge on any atom is 1.00 e. The van der Waals surface area contributed by atoms with Gasteiger partial charge in [-0.2, -0.15) is 0 Å². The Labute approximate surface area is 222 Å². The van der Waals surface area contributed by atoms with Crippen molar-refractivity contribution in [1.29, 1.82) is 0 Å². The van der Waals surface area contributed by atoms with Crippen LogP contribution in [0.3, 0.4) is 0 Å². The third-order valence-electron chi connectivity index (χ3n) is 5.30. The minimum absolute atomic E-state index is 0. The number of anilines is 1. The fraction of sp³-hybridized carbons (Fsp3) is 0.167. The summed E-state index contributed by atoms with van der Waals surface area (Å²) >= 11 is 12.0. The van der Waals surface area contributed by atoms with Crippen LogP contribution in [0.2, 0.25) is 10.0 Å². The molecule has 33 heavy (non-hydrogen) atoms. The molecule has 9 heteroatoms. The predicted octanol–water partition coefficient (Wildman–Crippen LogP) is 1.56. The summed E-state index contributed by atoms with van der Waals surface area (Å²) in [6, 6.07) is 14.0. The summed E-state index contributed by atoms with van der Waals surface area (Å²) in [5.74, 6) is -1.49. The Balaban J connectivity index is 0.00000306.